The van der Waals surface area contributed by atoms with Crippen LogP contribution in [0.4, 0.5) is 68.5 Å². The maximum Gasteiger partial charge on any atom is 0.240 e. The Bertz CT molecular complexity index is 8490. The highest BCUT2D eigenvalue weighted by molar-refractivity contribution is 6.32. The summed E-state index contributed by atoms with van der Waals surface area (Å²) in [5.41, 5.74) is 34.0. The molecule has 4 unspecified atom stereocenters. The van der Waals surface area contributed by atoms with Crippen LogP contribution in [0.2, 0.25) is 10.0 Å². The summed E-state index contributed by atoms with van der Waals surface area (Å²) in [4.78, 5) is 126. The number of benzene rings is 6. The number of fused-ring (bicyclic) bond motifs is 8. The third-order valence-corrected chi connectivity index (χ3v) is 28.7. The minimum atomic E-state index is -1.51. The molecular formula is C106H91Cl2F5N28O5. The largest absolute Gasteiger partial charge is 0.507 e. The lowest BCUT2D eigenvalue weighted by Crippen LogP contribution is -2.33. The minimum Gasteiger partial charge on any atom is -0.507 e. The van der Waals surface area contributed by atoms with Crippen molar-refractivity contribution in [3.63, 3.8) is 0 Å². The van der Waals surface area contributed by atoms with E-state index in [-0.39, 0.29) is 128 Å². The van der Waals surface area contributed by atoms with E-state index in [0.717, 1.165) is 65.6 Å². The van der Waals surface area contributed by atoms with Gasteiger partial charge in [-0.05, 0) is 166 Å². The number of aromatic nitrogens is 20. The Hall–Kier alpha value is -17.2. The first-order chi connectivity index (χ1) is 70.0. The number of aryl methyl sites for hydroxylation is 4. The van der Waals surface area contributed by atoms with E-state index in [1.165, 1.54) is 69.4 Å². The summed E-state index contributed by atoms with van der Waals surface area (Å²) in [7, 11) is 0. The third kappa shape index (κ3) is 16.9. The van der Waals surface area contributed by atoms with Crippen LogP contribution in [0.3, 0.4) is 0 Å². The summed E-state index contributed by atoms with van der Waals surface area (Å²) in [6, 6.07) is 28.2. The number of aromatic hydroxyl groups is 1. The Labute approximate surface area is 840 Å². The van der Waals surface area contributed by atoms with Crippen molar-refractivity contribution in [2.24, 2.45) is 5.92 Å². The number of imidazole rings is 4. The van der Waals surface area contributed by atoms with Gasteiger partial charge >= 0.3 is 0 Å². The Kier molecular flexibility index (Phi) is 24.8. The van der Waals surface area contributed by atoms with Crippen molar-refractivity contribution in [2.75, 3.05) is 44.2 Å². The molecule has 12 aromatic heterocycles. The van der Waals surface area contributed by atoms with Crippen molar-refractivity contribution in [3.05, 3.63) is 323 Å². The molecule has 0 saturated heterocycles. The van der Waals surface area contributed by atoms with E-state index in [2.05, 4.69) is 93.9 Å². The number of nitrogens with zero attached hydrogens (tertiary/aromatic N) is 20. The molecule has 4 amide bonds. The summed E-state index contributed by atoms with van der Waals surface area (Å²) in [5.74, 6) is 0.716. The van der Waals surface area contributed by atoms with Gasteiger partial charge in [-0.3, -0.25) is 19.2 Å². The predicted octanol–water partition coefficient (Wildman–Crippen LogP) is 17.4. The smallest absolute Gasteiger partial charge is 0.240 e. The van der Waals surface area contributed by atoms with Gasteiger partial charge in [0.15, 0.2) is 45.9 Å². The number of nitrogens with two attached hydrogens (primary N) is 4. The lowest BCUT2D eigenvalue weighted by molar-refractivity contribution is -0.119. The molecule has 0 radical (unpaired) electrons. The quantitative estimate of drug-likeness (QED) is 0.0302. The van der Waals surface area contributed by atoms with E-state index in [9.17, 15) is 46.2 Å². The average molecular weight is 2000 g/mol. The second kappa shape index (κ2) is 37.6. The van der Waals surface area contributed by atoms with Gasteiger partial charge in [0.2, 0.25) is 23.6 Å². The fourth-order valence-corrected chi connectivity index (χ4v) is 20.0. The van der Waals surface area contributed by atoms with Crippen LogP contribution in [-0.2, 0) is 66.5 Å². The zero-order valence-corrected chi connectivity index (χ0v) is 81.2. The van der Waals surface area contributed by atoms with E-state index in [4.69, 9.17) is 72.5 Å². The van der Waals surface area contributed by atoms with Crippen LogP contribution in [-0.4, -0.2) is 126 Å². The van der Waals surface area contributed by atoms with E-state index >= 15 is 0 Å². The molecule has 33 nitrogen and oxygen atoms in total. The van der Waals surface area contributed by atoms with Crippen LogP contribution >= 0.6 is 23.2 Å². The van der Waals surface area contributed by atoms with Crippen molar-refractivity contribution in [1.82, 2.24) is 97.3 Å². The number of carbonyl (C=O) groups excluding carboxylic acids is 4. The molecule has 5 aliphatic rings. The molecule has 734 valence electrons. The molecule has 6 aromatic carbocycles. The average Bonchev–Trinajstić information content (AvgIpc) is 1.60. The molecule has 1 saturated carbocycles. The number of halogens is 7. The van der Waals surface area contributed by atoms with Gasteiger partial charge in [-0.25, -0.2) is 102 Å². The number of hydrogen-bond donors (Lipinski definition) is 9. The zero-order chi connectivity index (χ0) is 103. The molecule has 0 spiro atoms. The van der Waals surface area contributed by atoms with Gasteiger partial charge in [0, 0.05) is 92.2 Å². The Morgan fingerprint density at radius 1 is 0.425 bits per heavy atom. The number of phenols is 1. The van der Waals surface area contributed by atoms with Gasteiger partial charge < -0.3 is 66.9 Å². The number of nitrogens with one attached hydrogen (secondary N) is 4. The Morgan fingerprint density at radius 3 is 1.18 bits per heavy atom. The first kappa shape index (κ1) is 96.3. The normalized spacial score (nSPS) is 17.5. The molecule has 146 heavy (non-hydrogen) atoms. The SMILES string of the molecule is C#Cc1c(O)cc(C2(C)C(=O)Nc3nc(-c4cn5ccnc5c(Cc5ccccc5F)n4)nc(N)c32)cc1F.CCCCc1nc(-c2nc(N)c3c(n2)NC(=O)C3(C)c2cc(C)c(Cl)c(F)c2)cn2ccnc12.Cc1cc(C2(C)C(=O)Nc3nc(-c4cn5ccnc5c(CC5CCCCC5)n4)nc(N)c32)ccc1Cl.Cc1cc(C2(C)C(=O)Nc3nc(-c4cn5ccnc5c(Cc5ccccc5F)n4)nc(N)c32)ccc1F. The number of unbranched alkanes of at least 4 members (excludes halogenated alkanes) is 1. The number of terminal acetylenes is 1. The topological polar surface area (TPSA) is 465 Å². The third-order valence-electron chi connectivity index (χ3n) is 27.8. The van der Waals surface area contributed by atoms with E-state index < -0.39 is 45.0 Å². The molecule has 13 N–H and O–H groups in total. The Morgan fingerprint density at radius 2 is 0.788 bits per heavy atom. The fourth-order valence-electron chi connectivity index (χ4n) is 19.8. The van der Waals surface area contributed by atoms with Crippen molar-refractivity contribution < 1.29 is 46.2 Å². The van der Waals surface area contributed by atoms with Gasteiger partial charge in [-0.2, -0.15) is 0 Å². The predicted molar refractivity (Wildman–Crippen MR) is 541 cm³/mol. The molecule has 16 heterocycles. The number of amides is 4. The van der Waals surface area contributed by atoms with Gasteiger partial charge in [0.05, 0.1) is 50.1 Å². The molecular weight excluding hydrogens is 1910 g/mol. The molecule has 0 bridgehead atoms. The van der Waals surface area contributed by atoms with Crippen molar-refractivity contribution in [1.29, 1.82) is 0 Å². The van der Waals surface area contributed by atoms with Gasteiger partial charge in [0.25, 0.3) is 0 Å². The van der Waals surface area contributed by atoms with Crippen molar-refractivity contribution in [2.45, 2.75) is 148 Å². The molecule has 40 heteroatoms. The lowest BCUT2D eigenvalue weighted by atomic mass is 9.77. The maximum atomic E-state index is 14.6. The lowest BCUT2D eigenvalue weighted by Gasteiger charge is -2.24. The van der Waals surface area contributed by atoms with E-state index in [0.29, 0.717) is 118 Å². The molecule has 23 rings (SSSR count). The number of anilines is 8. The zero-order valence-electron chi connectivity index (χ0n) is 79.7. The molecule has 1 fully saturated rings. The molecule has 18 aromatic rings. The van der Waals surface area contributed by atoms with Crippen LogP contribution in [0.5, 0.6) is 5.75 Å². The van der Waals surface area contributed by atoms with Crippen LogP contribution in [0, 0.1) is 68.1 Å². The number of rotatable bonds is 17. The number of phenolic OH excluding ortho intramolecular Hbond substituents is 1. The van der Waals surface area contributed by atoms with Gasteiger partial charge in [0.1, 0.15) is 131 Å². The summed E-state index contributed by atoms with van der Waals surface area (Å²) in [6.07, 6.45) is 36.5. The van der Waals surface area contributed by atoms with Gasteiger partial charge in [-0.15, -0.1) is 6.42 Å². The van der Waals surface area contributed by atoms with Crippen molar-refractivity contribution in [3.8, 4) is 64.2 Å². The highest BCUT2D eigenvalue weighted by Gasteiger charge is 2.53. The standard InChI is InChI=1S/C28H19F2N7O2.C27H28ClN7O.C27H21F2N7O.C24H23ClFN7O/c1-3-16-18(30)11-15(12-21(16)38)28(2)22-23(31)34-24(35-25(22)36-27(28)39)20-13-37-9-8-32-26(37)19(33-20)10-14-6-4-5-7-17(14)29;1-15-12-17(8-9-18(15)28)27(2)21-22(29)32-23(33-24(21)34-26(27)36)20-14-35-11-10-30-25(35)19(31-20)13-16-6-4-3-5-7-16;1-14-11-16(7-8-17(14)28)27(2)21-22(30)33-23(34-24(21)35-26(27)37)20-13-36-10-9-31-25(36)19(32-20)12-15-5-3-4-6-18(15)29;1-4-5-6-15-22-28-7-8-33(22)11-16(29-15)20-30-19(27)17-21(31-20)32-23(34)24(17,3)13-9-12(2)18(25)14(26)10-13/h1,4-9,11-13,38H,10H2,2H3,(H3,31,34,35,36,39);8-12,14,16H,3-7,13H2,1-2H3,(H3,29,32,33,34,36);3-11,13H,12H2,1-2H3,(H3,30,33,34,35,37);7-11H,4-6H2,1-3H3,(H3,27,30,31,32,34). The monoisotopic (exact) mass is 2000 g/mol. The molecule has 4 atom stereocenters. The number of carbonyl (C=O) groups is 4. The first-order valence-electron chi connectivity index (χ1n) is 46.8. The second-order valence-corrected chi connectivity index (χ2v) is 38.0. The second-order valence-electron chi connectivity index (χ2n) is 37.2. The van der Waals surface area contributed by atoms with E-state index in [1.54, 1.807) is 153 Å². The highest BCUT2D eigenvalue weighted by atomic mass is 35.5. The van der Waals surface area contributed by atoms with Crippen LogP contribution in [0.15, 0.2) is 184 Å². The highest BCUT2D eigenvalue weighted by Crippen LogP contribution is 2.52. The molecule has 1 aliphatic carbocycles. The minimum absolute atomic E-state index is 0.0189. The summed E-state index contributed by atoms with van der Waals surface area (Å²) >= 11 is 12.2. The summed E-state index contributed by atoms with van der Waals surface area (Å²) < 4.78 is 79.0. The summed E-state index contributed by atoms with van der Waals surface area (Å²) in [5, 5.41) is 22.1. The fraction of sp³-hybridized carbons (Fsp3) is 0.226. The summed E-state index contributed by atoms with van der Waals surface area (Å²) in [6.45, 7) is 14.1. The van der Waals surface area contributed by atoms with Gasteiger partial charge in [-0.1, -0.05) is 141 Å². The molecule has 4 aliphatic heterocycles. The maximum absolute atomic E-state index is 14.6. The van der Waals surface area contributed by atoms with Crippen LogP contribution in [0.1, 0.15) is 180 Å². The van der Waals surface area contributed by atoms with Crippen molar-refractivity contribution >= 4 is 116 Å². The number of hydrogen-bond acceptors (Lipinski definition) is 25. The van der Waals surface area contributed by atoms with Crippen LogP contribution in [0.25, 0.3) is 68.7 Å². The van der Waals surface area contributed by atoms with E-state index in [1.807, 2.05) is 53.4 Å². The van der Waals surface area contributed by atoms with Crippen LogP contribution < -0.4 is 44.2 Å². The first-order valence-corrected chi connectivity index (χ1v) is 47.5. The number of nitrogen functional groups attached to an aromatic ring is 4. The Balaban J connectivity index is 0.000000119.